The van der Waals surface area contributed by atoms with Crippen LogP contribution in [-0.4, -0.2) is 19.3 Å². The smallest absolute Gasteiger partial charge is 0.124 e. The van der Waals surface area contributed by atoms with Crippen molar-refractivity contribution < 1.29 is 4.39 Å². The van der Waals surface area contributed by atoms with E-state index in [1.807, 2.05) is 0 Å². The molecule has 0 unspecified atom stereocenters. The van der Waals surface area contributed by atoms with E-state index in [2.05, 4.69) is 0 Å². The molecule has 0 amide bonds. The van der Waals surface area contributed by atoms with Gasteiger partial charge in [0.25, 0.3) is 0 Å². The summed E-state index contributed by atoms with van der Waals surface area (Å²) in [5.41, 5.74) is 9.66. The summed E-state index contributed by atoms with van der Waals surface area (Å²) in [5.74, 6) is 0. The Labute approximate surface area is 60.6 Å². The normalized spacial score (nSPS) is 7.50. The predicted molar refractivity (Wildman–Crippen MR) is 37.5 cm³/mol. The van der Waals surface area contributed by atoms with Crippen molar-refractivity contribution in [2.45, 2.75) is 6.17 Å². The van der Waals surface area contributed by atoms with Gasteiger partial charge in [0, 0.05) is 13.1 Å². The number of rotatable bonds is 2. The highest BCUT2D eigenvalue weighted by atomic mass is 35.5. The monoisotopic (exact) mass is 164 g/mol. The Bertz CT molecular complexity index is 34.5. The van der Waals surface area contributed by atoms with Crippen molar-refractivity contribution in [2.75, 3.05) is 13.1 Å². The highest BCUT2D eigenvalue weighted by molar-refractivity contribution is 5.85. The maximum absolute atomic E-state index is 11.6. The van der Waals surface area contributed by atoms with Crippen LogP contribution in [0.25, 0.3) is 0 Å². The van der Waals surface area contributed by atoms with Crippen molar-refractivity contribution in [1.82, 2.24) is 0 Å². The van der Waals surface area contributed by atoms with Gasteiger partial charge in [-0.15, -0.1) is 24.8 Å². The molecule has 0 saturated heterocycles. The Kier molecular flexibility index (Phi) is 20.6. The first-order valence-corrected chi connectivity index (χ1v) is 1.85. The molecular formula is C3H11Cl2FN2. The molecule has 0 aliphatic heterocycles. The fraction of sp³-hybridized carbons (Fsp3) is 1.00. The van der Waals surface area contributed by atoms with Crippen LogP contribution >= 0.6 is 24.8 Å². The van der Waals surface area contributed by atoms with Crippen molar-refractivity contribution >= 4 is 24.8 Å². The Morgan fingerprint density at radius 2 is 1.38 bits per heavy atom. The van der Waals surface area contributed by atoms with Crippen molar-refractivity contribution in [1.29, 1.82) is 0 Å². The van der Waals surface area contributed by atoms with Crippen LogP contribution < -0.4 is 11.5 Å². The van der Waals surface area contributed by atoms with Gasteiger partial charge in [0.2, 0.25) is 0 Å². The molecule has 0 radical (unpaired) electrons. The standard InChI is InChI=1S/C3H9FN2.2ClH/c4-3(1-5)2-6;;/h3H,1-2,5-6H2;2*1H. The quantitative estimate of drug-likeness (QED) is 0.608. The maximum Gasteiger partial charge on any atom is 0.124 e. The fourth-order valence-electron chi connectivity index (χ4n) is 0.0962. The van der Waals surface area contributed by atoms with Gasteiger partial charge >= 0.3 is 0 Å². The van der Waals surface area contributed by atoms with Gasteiger partial charge < -0.3 is 11.5 Å². The second-order valence-electron chi connectivity index (χ2n) is 1.07. The second-order valence-corrected chi connectivity index (χ2v) is 1.07. The molecule has 0 aromatic rings. The summed E-state index contributed by atoms with van der Waals surface area (Å²) in [7, 11) is 0. The third kappa shape index (κ3) is 9.66. The zero-order chi connectivity index (χ0) is 4.99. The molecule has 5 heteroatoms. The van der Waals surface area contributed by atoms with Crippen LogP contribution in [0.4, 0.5) is 4.39 Å². The van der Waals surface area contributed by atoms with Crippen molar-refractivity contribution in [3.63, 3.8) is 0 Å². The summed E-state index contributed by atoms with van der Waals surface area (Å²) in [4.78, 5) is 0. The van der Waals surface area contributed by atoms with E-state index in [4.69, 9.17) is 11.5 Å². The molecule has 2 nitrogen and oxygen atoms in total. The van der Waals surface area contributed by atoms with Crippen molar-refractivity contribution in [3.05, 3.63) is 0 Å². The van der Waals surface area contributed by atoms with Crippen LogP contribution in [0.2, 0.25) is 0 Å². The minimum absolute atomic E-state index is 0. The molecule has 0 bridgehead atoms. The van der Waals surface area contributed by atoms with Crippen LogP contribution in [-0.2, 0) is 0 Å². The van der Waals surface area contributed by atoms with E-state index in [-0.39, 0.29) is 37.9 Å². The van der Waals surface area contributed by atoms with E-state index in [0.29, 0.717) is 0 Å². The molecular weight excluding hydrogens is 154 g/mol. The average molecular weight is 165 g/mol. The van der Waals surface area contributed by atoms with Gasteiger partial charge in [0.1, 0.15) is 6.17 Å². The Morgan fingerprint density at radius 3 is 1.38 bits per heavy atom. The lowest BCUT2D eigenvalue weighted by Gasteiger charge is -1.94. The van der Waals surface area contributed by atoms with Crippen LogP contribution in [0.15, 0.2) is 0 Å². The van der Waals surface area contributed by atoms with Gasteiger partial charge in [0.05, 0.1) is 0 Å². The molecule has 0 saturated carbocycles. The largest absolute Gasteiger partial charge is 0.328 e. The van der Waals surface area contributed by atoms with E-state index in [1.54, 1.807) is 0 Å². The summed E-state index contributed by atoms with van der Waals surface area (Å²) >= 11 is 0. The van der Waals surface area contributed by atoms with Gasteiger partial charge in [0.15, 0.2) is 0 Å². The Morgan fingerprint density at radius 1 is 1.12 bits per heavy atom. The van der Waals surface area contributed by atoms with E-state index in [0.717, 1.165) is 0 Å². The molecule has 8 heavy (non-hydrogen) atoms. The van der Waals surface area contributed by atoms with E-state index < -0.39 is 6.17 Å². The third-order valence-corrected chi connectivity index (χ3v) is 0.512. The first kappa shape index (κ1) is 15.8. The fourth-order valence-corrected chi connectivity index (χ4v) is 0.0962. The minimum atomic E-state index is -1.01. The molecule has 0 spiro atoms. The first-order valence-electron chi connectivity index (χ1n) is 1.85. The topological polar surface area (TPSA) is 52.0 Å². The first-order chi connectivity index (χ1) is 2.81. The maximum atomic E-state index is 11.6. The summed E-state index contributed by atoms with van der Waals surface area (Å²) in [6.45, 7) is 0.0764. The molecule has 0 heterocycles. The van der Waals surface area contributed by atoms with Crippen molar-refractivity contribution in [3.8, 4) is 0 Å². The van der Waals surface area contributed by atoms with E-state index in [9.17, 15) is 4.39 Å². The Balaban J connectivity index is -0.000000125. The zero-order valence-corrected chi connectivity index (χ0v) is 5.97. The number of hydrogen-bond donors (Lipinski definition) is 2. The van der Waals surface area contributed by atoms with Crippen molar-refractivity contribution in [2.24, 2.45) is 11.5 Å². The number of alkyl halides is 1. The molecule has 0 aliphatic rings. The predicted octanol–water partition coefficient (Wildman–Crippen LogP) is 0.0855. The average Bonchev–Trinajstić information content (AvgIpc) is 1.65. The van der Waals surface area contributed by atoms with E-state index >= 15 is 0 Å². The van der Waals surface area contributed by atoms with Crippen LogP contribution in [0.1, 0.15) is 0 Å². The number of halogens is 3. The summed E-state index contributed by atoms with van der Waals surface area (Å²) in [6.07, 6.45) is -1.01. The Hall–Kier alpha value is 0.430. The summed E-state index contributed by atoms with van der Waals surface area (Å²) in [5, 5.41) is 0. The van der Waals surface area contributed by atoms with Gasteiger partial charge in [-0.05, 0) is 0 Å². The second kappa shape index (κ2) is 10.4. The van der Waals surface area contributed by atoms with Gasteiger partial charge in [-0.25, -0.2) is 4.39 Å². The molecule has 4 N–H and O–H groups in total. The van der Waals surface area contributed by atoms with Gasteiger partial charge in [-0.1, -0.05) is 0 Å². The van der Waals surface area contributed by atoms with Crippen LogP contribution in [0, 0.1) is 0 Å². The lowest BCUT2D eigenvalue weighted by Crippen LogP contribution is -2.23. The molecule has 0 rings (SSSR count). The minimum Gasteiger partial charge on any atom is -0.328 e. The SMILES string of the molecule is Cl.Cl.NCC(F)CN. The number of hydrogen-bond acceptors (Lipinski definition) is 2. The van der Waals surface area contributed by atoms with E-state index in [1.165, 1.54) is 0 Å². The number of nitrogens with two attached hydrogens (primary N) is 2. The highest BCUT2D eigenvalue weighted by Gasteiger charge is 1.94. The lowest BCUT2D eigenvalue weighted by atomic mass is 10.4. The zero-order valence-electron chi connectivity index (χ0n) is 4.34. The lowest BCUT2D eigenvalue weighted by molar-refractivity contribution is 0.350. The summed E-state index contributed by atoms with van der Waals surface area (Å²) in [6, 6.07) is 0. The highest BCUT2D eigenvalue weighted by Crippen LogP contribution is 1.77. The van der Waals surface area contributed by atoms with Gasteiger partial charge in [-0.2, -0.15) is 0 Å². The van der Waals surface area contributed by atoms with Gasteiger partial charge in [-0.3, -0.25) is 0 Å². The molecule has 0 aliphatic carbocycles. The molecule has 0 aromatic heterocycles. The molecule has 0 aromatic carbocycles. The van der Waals surface area contributed by atoms with Crippen LogP contribution in [0.3, 0.4) is 0 Å². The third-order valence-electron chi connectivity index (χ3n) is 0.512. The van der Waals surface area contributed by atoms with Crippen LogP contribution in [0.5, 0.6) is 0 Å². The molecule has 54 valence electrons. The molecule has 0 atom stereocenters. The summed E-state index contributed by atoms with van der Waals surface area (Å²) < 4.78 is 11.6. The molecule has 0 fully saturated rings.